The quantitative estimate of drug-likeness (QED) is 0.855. The number of carbonyl (C=O) groups is 1. The largest absolute Gasteiger partial charge is 0.376 e. The summed E-state index contributed by atoms with van der Waals surface area (Å²) in [5.74, 6) is 0.164. The summed E-state index contributed by atoms with van der Waals surface area (Å²) in [6.45, 7) is 4.76. The van der Waals surface area contributed by atoms with E-state index < -0.39 is 0 Å². The van der Waals surface area contributed by atoms with Gasteiger partial charge < -0.3 is 10.2 Å². The Bertz CT molecular complexity index is 652. The highest BCUT2D eigenvalue weighted by atomic mass is 79.9. The summed E-state index contributed by atoms with van der Waals surface area (Å²) in [5.41, 5.74) is 2.29. The summed E-state index contributed by atoms with van der Waals surface area (Å²) in [4.78, 5) is 16.7. The zero-order valence-corrected chi connectivity index (χ0v) is 15.2. The van der Waals surface area contributed by atoms with E-state index >= 15 is 0 Å². The molecule has 1 heterocycles. The van der Waals surface area contributed by atoms with Crippen LogP contribution in [0.4, 0.5) is 5.69 Å². The predicted molar refractivity (Wildman–Crippen MR) is 101 cm³/mol. The zero-order valence-electron chi connectivity index (χ0n) is 13.6. The summed E-state index contributed by atoms with van der Waals surface area (Å²) in [7, 11) is 0. The Kier molecular flexibility index (Phi) is 5.88. The number of nitrogens with zero attached hydrogens (tertiary/aromatic N) is 2. The van der Waals surface area contributed by atoms with Crippen molar-refractivity contribution >= 4 is 27.5 Å². The van der Waals surface area contributed by atoms with Gasteiger partial charge in [-0.05, 0) is 29.8 Å². The van der Waals surface area contributed by atoms with Crippen molar-refractivity contribution in [1.82, 2.24) is 9.80 Å². The van der Waals surface area contributed by atoms with Crippen LogP contribution in [0.15, 0.2) is 59.1 Å². The van der Waals surface area contributed by atoms with Crippen LogP contribution in [0.5, 0.6) is 0 Å². The molecule has 3 rings (SSSR count). The van der Waals surface area contributed by atoms with Crippen LogP contribution in [-0.2, 0) is 11.3 Å². The fourth-order valence-electron chi connectivity index (χ4n) is 2.85. The lowest BCUT2D eigenvalue weighted by atomic mass is 10.2. The van der Waals surface area contributed by atoms with Crippen molar-refractivity contribution in [3.8, 4) is 0 Å². The second kappa shape index (κ2) is 8.31. The minimum absolute atomic E-state index is 0.164. The van der Waals surface area contributed by atoms with Crippen LogP contribution in [0.3, 0.4) is 0 Å². The van der Waals surface area contributed by atoms with Crippen LogP contribution in [0.1, 0.15) is 5.56 Å². The van der Waals surface area contributed by atoms with Crippen LogP contribution in [0.2, 0.25) is 0 Å². The van der Waals surface area contributed by atoms with Crippen molar-refractivity contribution in [3.05, 3.63) is 64.6 Å². The van der Waals surface area contributed by atoms with Crippen molar-refractivity contribution in [2.75, 3.05) is 38.0 Å². The highest BCUT2D eigenvalue weighted by Gasteiger charge is 2.20. The number of piperazine rings is 1. The molecular weight excluding hydrogens is 366 g/mol. The van der Waals surface area contributed by atoms with Crippen molar-refractivity contribution in [3.63, 3.8) is 0 Å². The van der Waals surface area contributed by atoms with Crippen LogP contribution in [-0.4, -0.2) is 48.4 Å². The van der Waals surface area contributed by atoms with Gasteiger partial charge in [-0.1, -0.05) is 46.3 Å². The number of carbonyl (C=O) groups excluding carboxylic acids is 1. The maximum absolute atomic E-state index is 12.3. The molecular formula is C19H22BrN3O. The first kappa shape index (κ1) is 17.0. The number of anilines is 1. The molecule has 2 aromatic carbocycles. The predicted octanol–water partition coefficient (Wildman–Crippen LogP) is 3.21. The number of hydrogen-bond donors (Lipinski definition) is 1. The number of nitrogens with one attached hydrogen (secondary N) is 1. The van der Waals surface area contributed by atoms with Gasteiger partial charge in [0.05, 0.1) is 6.54 Å². The lowest BCUT2D eigenvalue weighted by Gasteiger charge is -2.34. The Labute approximate surface area is 151 Å². The zero-order chi connectivity index (χ0) is 16.8. The molecule has 24 heavy (non-hydrogen) atoms. The third-order valence-electron chi connectivity index (χ3n) is 4.26. The number of hydrogen-bond acceptors (Lipinski definition) is 3. The average molecular weight is 388 g/mol. The van der Waals surface area contributed by atoms with Gasteiger partial charge in [-0.15, -0.1) is 0 Å². The van der Waals surface area contributed by atoms with Crippen LogP contribution in [0.25, 0.3) is 0 Å². The Morgan fingerprint density at radius 2 is 1.62 bits per heavy atom. The van der Waals surface area contributed by atoms with Gasteiger partial charge in [-0.2, -0.15) is 0 Å². The molecule has 0 spiro atoms. The van der Waals surface area contributed by atoms with Gasteiger partial charge in [0, 0.05) is 42.9 Å². The molecule has 0 bridgehead atoms. The summed E-state index contributed by atoms with van der Waals surface area (Å²) < 4.78 is 1.04. The first-order valence-electron chi connectivity index (χ1n) is 8.24. The van der Waals surface area contributed by atoms with Crippen molar-refractivity contribution in [2.45, 2.75) is 6.54 Å². The summed E-state index contributed by atoms with van der Waals surface area (Å²) in [5, 5.41) is 3.19. The molecule has 0 saturated carbocycles. The van der Waals surface area contributed by atoms with Gasteiger partial charge in [-0.25, -0.2) is 0 Å². The molecule has 1 amide bonds. The van der Waals surface area contributed by atoms with E-state index in [9.17, 15) is 4.79 Å². The highest BCUT2D eigenvalue weighted by Crippen LogP contribution is 2.14. The Morgan fingerprint density at radius 3 is 2.29 bits per heavy atom. The number of benzene rings is 2. The number of halogens is 1. The van der Waals surface area contributed by atoms with E-state index in [0.717, 1.165) is 42.9 Å². The number of rotatable bonds is 5. The monoisotopic (exact) mass is 387 g/mol. The van der Waals surface area contributed by atoms with Crippen molar-refractivity contribution < 1.29 is 4.79 Å². The number of amides is 1. The third kappa shape index (κ3) is 4.82. The molecule has 4 nitrogen and oxygen atoms in total. The SMILES string of the molecule is O=C(CNc1ccc(Br)cc1)N1CCN(Cc2ccccc2)CC1. The van der Waals surface area contributed by atoms with E-state index in [1.54, 1.807) is 0 Å². The smallest absolute Gasteiger partial charge is 0.241 e. The van der Waals surface area contributed by atoms with Crippen molar-refractivity contribution in [1.29, 1.82) is 0 Å². The molecule has 1 saturated heterocycles. The normalized spacial score (nSPS) is 15.3. The van der Waals surface area contributed by atoms with E-state index in [1.165, 1.54) is 5.56 Å². The molecule has 1 aliphatic rings. The van der Waals surface area contributed by atoms with Crippen LogP contribution < -0.4 is 5.32 Å². The van der Waals surface area contributed by atoms with Gasteiger partial charge in [-0.3, -0.25) is 9.69 Å². The first-order valence-corrected chi connectivity index (χ1v) is 9.03. The molecule has 5 heteroatoms. The average Bonchev–Trinajstić information content (AvgIpc) is 2.62. The van der Waals surface area contributed by atoms with E-state index in [-0.39, 0.29) is 5.91 Å². The summed E-state index contributed by atoms with van der Waals surface area (Å²) >= 11 is 3.41. The Hall–Kier alpha value is -1.85. The van der Waals surface area contributed by atoms with E-state index in [2.05, 4.69) is 50.4 Å². The van der Waals surface area contributed by atoms with Crippen LogP contribution >= 0.6 is 15.9 Å². The standard InChI is InChI=1S/C19H22BrN3O/c20-17-6-8-18(9-7-17)21-14-19(24)23-12-10-22(11-13-23)15-16-4-2-1-3-5-16/h1-9,21H,10-15H2. The van der Waals surface area contributed by atoms with Gasteiger partial charge in [0.25, 0.3) is 0 Å². The second-order valence-corrected chi connectivity index (χ2v) is 6.92. The maximum Gasteiger partial charge on any atom is 0.241 e. The summed E-state index contributed by atoms with van der Waals surface area (Å²) in [6.07, 6.45) is 0. The van der Waals surface area contributed by atoms with Gasteiger partial charge in [0.2, 0.25) is 5.91 Å². The molecule has 0 aliphatic carbocycles. The lowest BCUT2D eigenvalue weighted by molar-refractivity contribution is -0.131. The molecule has 1 N–H and O–H groups in total. The van der Waals surface area contributed by atoms with E-state index in [1.807, 2.05) is 35.2 Å². The fourth-order valence-corrected chi connectivity index (χ4v) is 3.12. The molecule has 0 radical (unpaired) electrons. The second-order valence-electron chi connectivity index (χ2n) is 6.00. The fraction of sp³-hybridized carbons (Fsp3) is 0.316. The van der Waals surface area contributed by atoms with Gasteiger partial charge in [0.1, 0.15) is 0 Å². The lowest BCUT2D eigenvalue weighted by Crippen LogP contribution is -2.49. The molecule has 0 unspecified atom stereocenters. The molecule has 126 valence electrons. The van der Waals surface area contributed by atoms with Gasteiger partial charge >= 0.3 is 0 Å². The minimum atomic E-state index is 0.164. The minimum Gasteiger partial charge on any atom is -0.376 e. The Balaban J connectivity index is 1.42. The van der Waals surface area contributed by atoms with E-state index in [0.29, 0.717) is 6.54 Å². The molecule has 1 aliphatic heterocycles. The first-order chi connectivity index (χ1) is 11.7. The molecule has 0 atom stereocenters. The maximum atomic E-state index is 12.3. The molecule has 0 aromatic heterocycles. The van der Waals surface area contributed by atoms with Crippen molar-refractivity contribution in [2.24, 2.45) is 0 Å². The van der Waals surface area contributed by atoms with Crippen LogP contribution in [0, 0.1) is 0 Å². The summed E-state index contributed by atoms with van der Waals surface area (Å²) in [6, 6.07) is 18.4. The van der Waals surface area contributed by atoms with Gasteiger partial charge in [0.15, 0.2) is 0 Å². The third-order valence-corrected chi connectivity index (χ3v) is 4.79. The highest BCUT2D eigenvalue weighted by molar-refractivity contribution is 9.10. The van der Waals surface area contributed by atoms with E-state index in [4.69, 9.17) is 0 Å². The Morgan fingerprint density at radius 1 is 0.958 bits per heavy atom. The molecule has 2 aromatic rings. The topological polar surface area (TPSA) is 35.6 Å². The molecule has 1 fully saturated rings.